The fraction of sp³-hybridized carbons (Fsp3) is 0. The molecule has 0 amide bonds. The van der Waals surface area contributed by atoms with Gasteiger partial charge in [-0.25, -0.2) is 14.2 Å². The zero-order valence-corrected chi connectivity index (χ0v) is 10.3. The molecule has 0 spiro atoms. The average Bonchev–Trinajstić information content (AvgIpc) is 2.36. The Balaban J connectivity index is 2.30. The van der Waals surface area contributed by atoms with Crippen molar-refractivity contribution in [3.8, 4) is 0 Å². The van der Waals surface area contributed by atoms with Gasteiger partial charge in [-0.15, -0.1) is 0 Å². The summed E-state index contributed by atoms with van der Waals surface area (Å²) < 4.78 is 13.0. The van der Waals surface area contributed by atoms with Crippen LogP contribution in [0.2, 0.25) is 5.02 Å². The number of nitrogens with one attached hydrogen (secondary N) is 1. The van der Waals surface area contributed by atoms with Crippen LogP contribution in [0.25, 0.3) is 0 Å². The molecule has 1 aromatic heterocycles. The number of carboxylic acids is 1. The molecule has 4 N–H and O–H groups in total. The number of aromatic nitrogens is 1. The monoisotopic (exact) mass is 281 g/mol. The number of carbonyl (C=O) groups is 1. The highest BCUT2D eigenvalue weighted by Gasteiger charge is 2.10. The van der Waals surface area contributed by atoms with Crippen LogP contribution in [0, 0.1) is 5.82 Å². The van der Waals surface area contributed by atoms with Gasteiger partial charge in [-0.05, 0) is 24.3 Å². The predicted octanol–water partition coefficient (Wildman–Crippen LogP) is 2.90. The van der Waals surface area contributed by atoms with E-state index >= 15 is 0 Å². The van der Waals surface area contributed by atoms with Crippen molar-refractivity contribution in [2.75, 3.05) is 11.1 Å². The minimum atomic E-state index is -1.15. The first-order valence-corrected chi connectivity index (χ1v) is 5.56. The van der Waals surface area contributed by atoms with Gasteiger partial charge in [-0.2, -0.15) is 0 Å². The number of hydrogen-bond acceptors (Lipinski definition) is 4. The lowest BCUT2D eigenvalue weighted by atomic mass is 10.2. The molecule has 7 heteroatoms. The van der Waals surface area contributed by atoms with Gasteiger partial charge in [0.2, 0.25) is 0 Å². The Morgan fingerprint density at radius 2 is 2.16 bits per heavy atom. The Morgan fingerprint density at radius 1 is 1.42 bits per heavy atom. The number of carboxylic acid groups (broad SMARTS) is 1. The van der Waals surface area contributed by atoms with Crippen LogP contribution >= 0.6 is 11.6 Å². The molecule has 0 radical (unpaired) electrons. The maximum absolute atomic E-state index is 13.0. The first-order chi connectivity index (χ1) is 8.97. The Morgan fingerprint density at radius 3 is 2.79 bits per heavy atom. The molecular formula is C12H9ClFN3O2. The number of pyridine rings is 1. The maximum Gasteiger partial charge on any atom is 0.337 e. The maximum atomic E-state index is 13.0. The summed E-state index contributed by atoms with van der Waals surface area (Å²) in [5.41, 5.74) is 5.97. The second-order valence-electron chi connectivity index (χ2n) is 3.72. The number of benzene rings is 1. The Hall–Kier alpha value is -2.34. The second-order valence-corrected chi connectivity index (χ2v) is 4.12. The lowest BCUT2D eigenvalue weighted by molar-refractivity contribution is 0.0698. The summed E-state index contributed by atoms with van der Waals surface area (Å²) >= 11 is 5.64. The average molecular weight is 282 g/mol. The van der Waals surface area contributed by atoms with Gasteiger partial charge in [0.15, 0.2) is 0 Å². The molecule has 1 heterocycles. The van der Waals surface area contributed by atoms with Crippen LogP contribution in [0.4, 0.5) is 21.6 Å². The van der Waals surface area contributed by atoms with E-state index in [1.54, 1.807) is 0 Å². The number of rotatable bonds is 3. The smallest absolute Gasteiger partial charge is 0.337 e. The van der Waals surface area contributed by atoms with E-state index in [-0.39, 0.29) is 22.1 Å². The first kappa shape index (κ1) is 13.1. The van der Waals surface area contributed by atoms with E-state index in [1.807, 2.05) is 0 Å². The molecule has 0 aliphatic rings. The van der Waals surface area contributed by atoms with E-state index in [9.17, 15) is 9.18 Å². The minimum absolute atomic E-state index is 0.0427. The molecule has 0 aliphatic carbocycles. The van der Waals surface area contributed by atoms with E-state index < -0.39 is 11.8 Å². The van der Waals surface area contributed by atoms with E-state index in [1.165, 1.54) is 30.5 Å². The van der Waals surface area contributed by atoms with Crippen LogP contribution < -0.4 is 11.1 Å². The molecule has 0 unspecified atom stereocenters. The van der Waals surface area contributed by atoms with E-state index in [2.05, 4.69) is 10.3 Å². The topological polar surface area (TPSA) is 88.2 Å². The predicted molar refractivity (Wildman–Crippen MR) is 70.3 cm³/mol. The van der Waals surface area contributed by atoms with E-state index in [4.69, 9.17) is 22.4 Å². The summed E-state index contributed by atoms with van der Waals surface area (Å²) in [5, 5.41) is 11.7. The van der Waals surface area contributed by atoms with E-state index in [0.29, 0.717) is 5.69 Å². The third-order valence-electron chi connectivity index (χ3n) is 2.36. The fourth-order valence-corrected chi connectivity index (χ4v) is 1.62. The number of anilines is 3. The van der Waals surface area contributed by atoms with Crippen LogP contribution in [0.5, 0.6) is 0 Å². The van der Waals surface area contributed by atoms with Crippen LogP contribution in [-0.2, 0) is 0 Å². The summed E-state index contributed by atoms with van der Waals surface area (Å²) in [6.07, 6.45) is 1.23. The van der Waals surface area contributed by atoms with Crippen LogP contribution in [-0.4, -0.2) is 16.1 Å². The van der Waals surface area contributed by atoms with Crippen molar-refractivity contribution in [3.05, 3.63) is 46.9 Å². The molecule has 2 aromatic rings. The number of halogens is 2. The van der Waals surface area contributed by atoms with Crippen molar-refractivity contribution in [1.82, 2.24) is 4.98 Å². The highest BCUT2D eigenvalue weighted by molar-refractivity contribution is 6.31. The molecule has 0 aliphatic heterocycles. The molecule has 2 rings (SSSR count). The number of aromatic carboxylic acids is 1. The Kier molecular flexibility index (Phi) is 3.52. The molecule has 98 valence electrons. The quantitative estimate of drug-likeness (QED) is 0.805. The third-order valence-corrected chi connectivity index (χ3v) is 2.65. The molecule has 1 aromatic carbocycles. The van der Waals surface area contributed by atoms with Crippen molar-refractivity contribution in [1.29, 1.82) is 0 Å². The summed E-state index contributed by atoms with van der Waals surface area (Å²) in [6.45, 7) is 0. The van der Waals surface area contributed by atoms with Gasteiger partial charge in [-0.1, -0.05) is 11.6 Å². The Bertz CT molecular complexity index is 649. The molecule has 0 atom stereocenters. The van der Waals surface area contributed by atoms with Crippen LogP contribution in [0.3, 0.4) is 0 Å². The summed E-state index contributed by atoms with van der Waals surface area (Å²) in [5.74, 6) is -1.42. The van der Waals surface area contributed by atoms with Crippen molar-refractivity contribution in [3.63, 3.8) is 0 Å². The lowest BCUT2D eigenvalue weighted by Crippen LogP contribution is -2.05. The number of nitrogen functional groups attached to an aromatic ring is 1. The van der Waals surface area contributed by atoms with Crippen molar-refractivity contribution in [2.24, 2.45) is 0 Å². The summed E-state index contributed by atoms with van der Waals surface area (Å²) in [6, 6.07) is 5.31. The lowest BCUT2D eigenvalue weighted by Gasteiger charge is -2.08. The highest BCUT2D eigenvalue weighted by atomic mass is 35.5. The van der Waals surface area contributed by atoms with Crippen LogP contribution in [0.1, 0.15) is 10.4 Å². The van der Waals surface area contributed by atoms with Gasteiger partial charge in [0.25, 0.3) is 0 Å². The summed E-state index contributed by atoms with van der Waals surface area (Å²) in [4.78, 5) is 14.9. The fourth-order valence-electron chi connectivity index (χ4n) is 1.44. The zero-order chi connectivity index (χ0) is 14.0. The molecule has 0 fully saturated rings. The van der Waals surface area contributed by atoms with Crippen LogP contribution in [0.15, 0.2) is 30.5 Å². The first-order valence-electron chi connectivity index (χ1n) is 5.18. The molecule has 5 nitrogen and oxygen atoms in total. The van der Waals surface area contributed by atoms with Gasteiger partial charge in [0.1, 0.15) is 11.6 Å². The molecule has 19 heavy (non-hydrogen) atoms. The zero-order valence-electron chi connectivity index (χ0n) is 9.52. The van der Waals surface area contributed by atoms with Gasteiger partial charge in [0.05, 0.1) is 22.5 Å². The van der Waals surface area contributed by atoms with Gasteiger partial charge < -0.3 is 16.2 Å². The molecule has 0 bridgehead atoms. The standard InChI is InChI=1S/C12H9ClFN3O2/c13-8-3-6(1-2-9(8)14)17-11-4-7(12(18)19)10(15)5-16-11/h1-5H,15H2,(H,16,17)(H,18,19). The van der Waals surface area contributed by atoms with Gasteiger partial charge in [0, 0.05) is 5.69 Å². The molecule has 0 saturated heterocycles. The number of nitrogens with zero attached hydrogens (tertiary/aromatic N) is 1. The van der Waals surface area contributed by atoms with Crippen molar-refractivity contribution >= 4 is 34.8 Å². The normalized spacial score (nSPS) is 10.2. The largest absolute Gasteiger partial charge is 0.478 e. The highest BCUT2D eigenvalue weighted by Crippen LogP contribution is 2.23. The molecular weight excluding hydrogens is 273 g/mol. The van der Waals surface area contributed by atoms with Crippen molar-refractivity contribution < 1.29 is 14.3 Å². The van der Waals surface area contributed by atoms with Crippen molar-refractivity contribution in [2.45, 2.75) is 0 Å². The third kappa shape index (κ3) is 2.92. The molecule has 0 saturated carbocycles. The van der Waals surface area contributed by atoms with E-state index in [0.717, 1.165) is 0 Å². The number of nitrogens with two attached hydrogens (primary N) is 1. The minimum Gasteiger partial charge on any atom is -0.478 e. The summed E-state index contributed by atoms with van der Waals surface area (Å²) in [7, 11) is 0. The van der Waals surface area contributed by atoms with Gasteiger partial charge >= 0.3 is 5.97 Å². The Labute approximate surface area is 112 Å². The number of hydrogen-bond donors (Lipinski definition) is 3. The SMILES string of the molecule is Nc1cnc(Nc2ccc(F)c(Cl)c2)cc1C(=O)O. The second kappa shape index (κ2) is 5.11. The van der Waals surface area contributed by atoms with Gasteiger partial charge in [-0.3, -0.25) is 0 Å².